The van der Waals surface area contributed by atoms with E-state index in [9.17, 15) is 4.39 Å². The molecule has 1 aromatic rings. The molecule has 0 unspecified atom stereocenters. The van der Waals surface area contributed by atoms with E-state index in [-0.39, 0.29) is 11.6 Å². The molecule has 0 saturated carbocycles. The first-order valence-corrected chi connectivity index (χ1v) is 4.17. The fourth-order valence-electron chi connectivity index (χ4n) is 1.02. The Hall–Kier alpha value is -1.33. The molecule has 78 valence electrons. The third kappa shape index (κ3) is 2.86. The highest BCUT2D eigenvalue weighted by atomic mass is 19.1. The van der Waals surface area contributed by atoms with Crippen molar-refractivity contribution in [1.82, 2.24) is 0 Å². The number of methoxy groups -OCH3 is 1. The summed E-state index contributed by atoms with van der Waals surface area (Å²) in [6.45, 7) is 0.949. The van der Waals surface area contributed by atoms with Crippen molar-refractivity contribution in [2.24, 2.45) is 5.90 Å². The maximum atomic E-state index is 13.0. The summed E-state index contributed by atoms with van der Waals surface area (Å²) in [5, 5.41) is 3.00. The molecule has 0 fully saturated rings. The summed E-state index contributed by atoms with van der Waals surface area (Å²) in [5.74, 6) is 4.68. The first-order chi connectivity index (χ1) is 6.77. The van der Waals surface area contributed by atoms with E-state index in [2.05, 4.69) is 10.2 Å². The molecule has 0 atom stereocenters. The van der Waals surface area contributed by atoms with Crippen LogP contribution in [0.2, 0.25) is 0 Å². The zero-order valence-corrected chi connectivity index (χ0v) is 7.92. The number of nitrogens with one attached hydrogen (secondary N) is 1. The normalized spacial score (nSPS) is 9.93. The van der Waals surface area contributed by atoms with Gasteiger partial charge in [0, 0.05) is 18.3 Å². The summed E-state index contributed by atoms with van der Waals surface area (Å²) in [5.41, 5.74) is 0.764. The molecule has 4 nitrogen and oxygen atoms in total. The van der Waals surface area contributed by atoms with Crippen LogP contribution in [-0.4, -0.2) is 20.3 Å². The molecule has 3 N–H and O–H groups in total. The Morgan fingerprint density at radius 1 is 1.50 bits per heavy atom. The standard InChI is InChI=1S/C9H13FN2O2/c1-13-9-6-7(2-3-8(9)10)12-4-5-14-11/h2-3,6,12H,4-5,11H2,1H3. The number of hydrogen-bond donors (Lipinski definition) is 2. The van der Waals surface area contributed by atoms with Crippen LogP contribution in [0.3, 0.4) is 0 Å². The van der Waals surface area contributed by atoms with Gasteiger partial charge in [-0.05, 0) is 12.1 Å². The predicted octanol–water partition coefficient (Wildman–Crippen LogP) is 1.14. The van der Waals surface area contributed by atoms with Crippen molar-refractivity contribution >= 4 is 5.69 Å². The smallest absolute Gasteiger partial charge is 0.165 e. The molecular weight excluding hydrogens is 187 g/mol. The minimum atomic E-state index is -0.381. The Kier molecular flexibility index (Phi) is 4.15. The molecule has 5 heteroatoms. The van der Waals surface area contributed by atoms with Crippen molar-refractivity contribution in [3.05, 3.63) is 24.0 Å². The topological polar surface area (TPSA) is 56.5 Å². The average Bonchev–Trinajstić information content (AvgIpc) is 2.21. The highest BCUT2D eigenvalue weighted by molar-refractivity contribution is 5.48. The molecular formula is C9H13FN2O2. The van der Waals surface area contributed by atoms with E-state index in [1.165, 1.54) is 13.2 Å². The maximum Gasteiger partial charge on any atom is 0.165 e. The van der Waals surface area contributed by atoms with Crippen LogP contribution < -0.4 is 16.0 Å². The van der Waals surface area contributed by atoms with E-state index >= 15 is 0 Å². The van der Waals surface area contributed by atoms with Gasteiger partial charge in [-0.15, -0.1) is 0 Å². The lowest BCUT2D eigenvalue weighted by Crippen LogP contribution is -2.12. The van der Waals surface area contributed by atoms with Crippen LogP contribution in [0.25, 0.3) is 0 Å². The van der Waals surface area contributed by atoms with Crippen molar-refractivity contribution in [3.63, 3.8) is 0 Å². The SMILES string of the molecule is COc1cc(NCCON)ccc1F. The molecule has 14 heavy (non-hydrogen) atoms. The number of benzene rings is 1. The van der Waals surface area contributed by atoms with Crippen molar-refractivity contribution in [2.75, 3.05) is 25.6 Å². The summed E-state index contributed by atoms with van der Waals surface area (Å²) < 4.78 is 17.8. The Morgan fingerprint density at radius 2 is 2.29 bits per heavy atom. The third-order valence-electron chi connectivity index (χ3n) is 1.70. The van der Waals surface area contributed by atoms with Crippen molar-refractivity contribution in [2.45, 2.75) is 0 Å². The molecule has 0 spiro atoms. The van der Waals surface area contributed by atoms with Gasteiger partial charge in [0.05, 0.1) is 13.7 Å². The molecule has 1 aromatic carbocycles. The second-order valence-electron chi connectivity index (χ2n) is 2.65. The molecule has 0 aliphatic heterocycles. The monoisotopic (exact) mass is 200 g/mol. The van der Waals surface area contributed by atoms with Crippen LogP contribution in [0.5, 0.6) is 5.75 Å². The van der Waals surface area contributed by atoms with E-state index < -0.39 is 0 Å². The lowest BCUT2D eigenvalue weighted by Gasteiger charge is -2.07. The zero-order valence-electron chi connectivity index (χ0n) is 7.92. The third-order valence-corrected chi connectivity index (χ3v) is 1.70. The van der Waals surface area contributed by atoms with Gasteiger partial charge in [0.15, 0.2) is 11.6 Å². The summed E-state index contributed by atoms with van der Waals surface area (Å²) in [6, 6.07) is 4.53. The van der Waals surface area contributed by atoms with E-state index in [0.29, 0.717) is 13.2 Å². The van der Waals surface area contributed by atoms with Gasteiger partial charge in [-0.2, -0.15) is 0 Å². The van der Waals surface area contributed by atoms with Crippen molar-refractivity contribution in [1.29, 1.82) is 0 Å². The molecule has 0 aliphatic rings. The number of rotatable bonds is 5. The van der Waals surface area contributed by atoms with Gasteiger partial charge in [0.25, 0.3) is 0 Å². The zero-order chi connectivity index (χ0) is 10.4. The highest BCUT2D eigenvalue weighted by Gasteiger charge is 2.02. The van der Waals surface area contributed by atoms with Gasteiger partial charge in [-0.1, -0.05) is 0 Å². The molecule has 0 aromatic heterocycles. The number of halogens is 1. The van der Waals surface area contributed by atoms with Crippen LogP contribution in [0, 0.1) is 5.82 Å². The Bertz CT molecular complexity index is 294. The van der Waals surface area contributed by atoms with Gasteiger partial charge >= 0.3 is 0 Å². The van der Waals surface area contributed by atoms with Crippen LogP contribution >= 0.6 is 0 Å². The summed E-state index contributed by atoms with van der Waals surface area (Å²) in [6.07, 6.45) is 0. The second kappa shape index (κ2) is 5.41. The van der Waals surface area contributed by atoms with Gasteiger partial charge in [0.1, 0.15) is 0 Å². The van der Waals surface area contributed by atoms with Gasteiger partial charge < -0.3 is 14.9 Å². The molecule has 0 heterocycles. The Labute approximate surface area is 81.8 Å². The van der Waals surface area contributed by atoms with Gasteiger partial charge in [-0.3, -0.25) is 0 Å². The van der Waals surface area contributed by atoms with Gasteiger partial charge in [-0.25, -0.2) is 10.3 Å². The van der Waals surface area contributed by atoms with Crippen LogP contribution in [0.1, 0.15) is 0 Å². The lowest BCUT2D eigenvalue weighted by molar-refractivity contribution is 0.148. The largest absolute Gasteiger partial charge is 0.494 e. The molecule has 0 aliphatic carbocycles. The van der Waals surface area contributed by atoms with E-state index in [1.54, 1.807) is 12.1 Å². The van der Waals surface area contributed by atoms with Crippen LogP contribution in [0.15, 0.2) is 18.2 Å². The molecule has 0 radical (unpaired) electrons. The number of anilines is 1. The van der Waals surface area contributed by atoms with Crippen molar-refractivity contribution in [3.8, 4) is 5.75 Å². The minimum absolute atomic E-state index is 0.212. The predicted molar refractivity (Wildman–Crippen MR) is 51.6 cm³/mol. The molecule has 0 amide bonds. The highest BCUT2D eigenvalue weighted by Crippen LogP contribution is 2.20. The minimum Gasteiger partial charge on any atom is -0.494 e. The summed E-state index contributed by atoms with van der Waals surface area (Å²) in [4.78, 5) is 4.38. The fraction of sp³-hybridized carbons (Fsp3) is 0.333. The quantitative estimate of drug-likeness (QED) is 0.552. The summed E-state index contributed by atoms with van der Waals surface area (Å²) in [7, 11) is 1.42. The lowest BCUT2D eigenvalue weighted by atomic mass is 10.3. The first-order valence-electron chi connectivity index (χ1n) is 4.17. The Morgan fingerprint density at radius 3 is 2.93 bits per heavy atom. The fourth-order valence-corrected chi connectivity index (χ4v) is 1.02. The van der Waals surface area contributed by atoms with E-state index in [4.69, 9.17) is 10.6 Å². The Balaban J connectivity index is 2.60. The maximum absolute atomic E-state index is 13.0. The molecule has 0 bridgehead atoms. The molecule has 0 saturated heterocycles. The van der Waals surface area contributed by atoms with Crippen LogP contribution in [-0.2, 0) is 4.84 Å². The number of ether oxygens (including phenoxy) is 1. The number of nitrogens with two attached hydrogens (primary N) is 1. The average molecular weight is 200 g/mol. The van der Waals surface area contributed by atoms with Crippen LogP contribution in [0.4, 0.5) is 10.1 Å². The van der Waals surface area contributed by atoms with Crippen molar-refractivity contribution < 1.29 is 14.0 Å². The van der Waals surface area contributed by atoms with E-state index in [1.807, 2.05) is 0 Å². The second-order valence-corrected chi connectivity index (χ2v) is 2.65. The van der Waals surface area contributed by atoms with Gasteiger partial charge in [0.2, 0.25) is 0 Å². The first kappa shape index (κ1) is 10.7. The molecule has 1 rings (SSSR count). The summed E-state index contributed by atoms with van der Waals surface area (Å²) >= 11 is 0. The van der Waals surface area contributed by atoms with E-state index in [0.717, 1.165) is 5.69 Å². The number of hydrogen-bond acceptors (Lipinski definition) is 4.